The Morgan fingerprint density at radius 2 is 1.86 bits per heavy atom. The number of thioether (sulfide) groups is 1. The number of carbonyl (C=O) groups excluding carboxylic acids is 1. The first kappa shape index (κ1) is 21.8. The molecule has 1 aliphatic heterocycles. The fourth-order valence-corrected chi connectivity index (χ4v) is 4.57. The van der Waals surface area contributed by atoms with Gasteiger partial charge in [0.05, 0.1) is 11.4 Å². The Hall–Kier alpha value is -1.86. The summed E-state index contributed by atoms with van der Waals surface area (Å²) < 4.78 is 2.04. The van der Waals surface area contributed by atoms with Gasteiger partial charge in [0.2, 0.25) is 5.91 Å². The molecule has 2 heterocycles. The summed E-state index contributed by atoms with van der Waals surface area (Å²) in [5.74, 6) is 1.24. The van der Waals surface area contributed by atoms with Crippen LogP contribution in [0, 0.1) is 20.8 Å². The highest BCUT2D eigenvalue weighted by Crippen LogP contribution is 2.24. The molecule has 0 radical (unpaired) electrons. The summed E-state index contributed by atoms with van der Waals surface area (Å²) in [6, 6.07) is 6.35. The van der Waals surface area contributed by atoms with Gasteiger partial charge in [-0.3, -0.25) is 9.36 Å². The number of benzene rings is 1. The van der Waals surface area contributed by atoms with E-state index >= 15 is 0 Å². The first-order chi connectivity index (χ1) is 14.0. The second-order valence-electron chi connectivity index (χ2n) is 7.90. The molecule has 0 atom stereocenters. The van der Waals surface area contributed by atoms with Crippen molar-refractivity contribution in [3.05, 3.63) is 35.2 Å². The number of likely N-dealkylation sites (tertiary alicyclic amines) is 1. The van der Waals surface area contributed by atoms with Crippen molar-refractivity contribution < 1.29 is 4.79 Å². The van der Waals surface area contributed by atoms with Crippen molar-refractivity contribution in [2.45, 2.75) is 58.0 Å². The van der Waals surface area contributed by atoms with Gasteiger partial charge < -0.3 is 10.2 Å². The van der Waals surface area contributed by atoms with Crippen molar-refractivity contribution in [1.82, 2.24) is 25.0 Å². The van der Waals surface area contributed by atoms with Crippen LogP contribution in [0.5, 0.6) is 0 Å². The zero-order valence-corrected chi connectivity index (χ0v) is 18.7. The van der Waals surface area contributed by atoms with Gasteiger partial charge in [0.25, 0.3) is 0 Å². The molecule has 1 N–H and O–H groups in total. The van der Waals surface area contributed by atoms with E-state index in [4.69, 9.17) is 0 Å². The lowest BCUT2D eigenvalue weighted by atomic mass is 10.1. The van der Waals surface area contributed by atoms with Crippen LogP contribution in [-0.4, -0.2) is 57.5 Å². The van der Waals surface area contributed by atoms with Crippen molar-refractivity contribution in [3.63, 3.8) is 0 Å². The fraction of sp³-hybridized carbons (Fsp3) is 0.591. The minimum Gasteiger partial charge on any atom is -0.355 e. The van der Waals surface area contributed by atoms with E-state index in [1.54, 1.807) is 0 Å². The average molecular weight is 416 g/mol. The van der Waals surface area contributed by atoms with Crippen LogP contribution < -0.4 is 5.32 Å². The third-order valence-corrected chi connectivity index (χ3v) is 6.33. The average Bonchev–Trinajstić information content (AvgIpc) is 2.90. The molecular formula is C22H33N5OS. The maximum atomic E-state index is 12.3. The second kappa shape index (κ2) is 10.8. The molecule has 0 unspecified atom stereocenters. The number of hydrogen-bond donors (Lipinski definition) is 1. The minimum absolute atomic E-state index is 0.0547. The lowest BCUT2D eigenvalue weighted by Gasteiger charge is -2.19. The fourth-order valence-electron chi connectivity index (χ4n) is 3.75. The topological polar surface area (TPSA) is 63.1 Å². The van der Waals surface area contributed by atoms with Gasteiger partial charge in [-0.05, 0) is 76.9 Å². The number of aryl methyl sites for hydroxylation is 3. The highest BCUT2D eigenvalue weighted by atomic mass is 32.2. The molecule has 1 aromatic carbocycles. The molecule has 158 valence electrons. The Balaban J connectivity index is 1.47. The van der Waals surface area contributed by atoms with Crippen LogP contribution in [0.15, 0.2) is 23.4 Å². The van der Waals surface area contributed by atoms with E-state index in [1.807, 2.05) is 11.5 Å². The molecule has 1 aromatic heterocycles. The SMILES string of the molecule is Cc1ccc(C)c(-n2c(C)nnc2SCC(=O)NCCCN2CCCCCC2)c1. The van der Waals surface area contributed by atoms with Crippen LogP contribution in [0.2, 0.25) is 0 Å². The standard InChI is InChI=1S/C22H33N5OS/c1-17-9-10-18(2)20(15-17)27-19(3)24-25-22(27)29-16-21(28)23-11-8-14-26-12-6-4-5-7-13-26/h9-10,15H,4-8,11-14,16H2,1-3H3,(H,23,28). The summed E-state index contributed by atoms with van der Waals surface area (Å²) in [6.07, 6.45) is 6.34. The number of amides is 1. The maximum Gasteiger partial charge on any atom is 0.230 e. The lowest BCUT2D eigenvalue weighted by Crippen LogP contribution is -2.31. The smallest absolute Gasteiger partial charge is 0.230 e. The van der Waals surface area contributed by atoms with Crippen molar-refractivity contribution in [2.24, 2.45) is 0 Å². The van der Waals surface area contributed by atoms with E-state index in [0.29, 0.717) is 5.75 Å². The van der Waals surface area contributed by atoms with Crippen LogP contribution in [-0.2, 0) is 4.79 Å². The van der Waals surface area contributed by atoms with Crippen molar-refractivity contribution in [1.29, 1.82) is 0 Å². The molecule has 2 aromatic rings. The zero-order valence-electron chi connectivity index (χ0n) is 17.9. The number of hydrogen-bond acceptors (Lipinski definition) is 5. The molecule has 0 spiro atoms. The highest BCUT2D eigenvalue weighted by molar-refractivity contribution is 7.99. The molecule has 1 saturated heterocycles. The summed E-state index contributed by atoms with van der Waals surface area (Å²) in [7, 11) is 0. The summed E-state index contributed by atoms with van der Waals surface area (Å²) >= 11 is 1.44. The monoisotopic (exact) mass is 415 g/mol. The number of nitrogens with zero attached hydrogens (tertiary/aromatic N) is 4. The van der Waals surface area contributed by atoms with Crippen LogP contribution in [0.3, 0.4) is 0 Å². The second-order valence-corrected chi connectivity index (χ2v) is 8.85. The molecule has 0 aliphatic carbocycles. The zero-order chi connectivity index (χ0) is 20.6. The van der Waals surface area contributed by atoms with Gasteiger partial charge in [0, 0.05) is 6.54 Å². The van der Waals surface area contributed by atoms with Crippen molar-refractivity contribution in [2.75, 3.05) is 31.9 Å². The molecule has 0 saturated carbocycles. The van der Waals surface area contributed by atoms with Gasteiger partial charge in [-0.15, -0.1) is 10.2 Å². The predicted molar refractivity (Wildman–Crippen MR) is 119 cm³/mol. The normalized spacial score (nSPS) is 15.3. The summed E-state index contributed by atoms with van der Waals surface area (Å²) in [5, 5.41) is 12.3. The molecule has 1 fully saturated rings. The Morgan fingerprint density at radius 1 is 1.10 bits per heavy atom. The van der Waals surface area contributed by atoms with Crippen LogP contribution in [0.25, 0.3) is 5.69 Å². The molecule has 0 bridgehead atoms. The molecular weight excluding hydrogens is 382 g/mol. The quantitative estimate of drug-likeness (QED) is 0.526. The third-order valence-electron chi connectivity index (χ3n) is 5.41. The van der Waals surface area contributed by atoms with Gasteiger partial charge in [-0.2, -0.15) is 0 Å². The van der Waals surface area contributed by atoms with Crippen LogP contribution >= 0.6 is 11.8 Å². The van der Waals surface area contributed by atoms with Crippen molar-refractivity contribution >= 4 is 17.7 Å². The molecule has 3 rings (SSSR count). The Bertz CT molecular complexity index is 812. The highest BCUT2D eigenvalue weighted by Gasteiger charge is 2.15. The van der Waals surface area contributed by atoms with E-state index in [-0.39, 0.29) is 5.91 Å². The first-order valence-corrected chi connectivity index (χ1v) is 11.6. The summed E-state index contributed by atoms with van der Waals surface area (Å²) in [5.41, 5.74) is 3.43. The predicted octanol–water partition coefficient (Wildman–Crippen LogP) is 3.67. The Morgan fingerprint density at radius 3 is 2.62 bits per heavy atom. The lowest BCUT2D eigenvalue weighted by molar-refractivity contribution is -0.118. The van der Waals surface area contributed by atoms with Crippen molar-refractivity contribution in [3.8, 4) is 5.69 Å². The van der Waals surface area contributed by atoms with Gasteiger partial charge in [-0.1, -0.05) is 36.7 Å². The van der Waals surface area contributed by atoms with Gasteiger partial charge in [0.1, 0.15) is 5.82 Å². The van der Waals surface area contributed by atoms with Gasteiger partial charge >= 0.3 is 0 Å². The summed E-state index contributed by atoms with van der Waals surface area (Å²) in [4.78, 5) is 14.8. The maximum absolute atomic E-state index is 12.3. The first-order valence-electron chi connectivity index (χ1n) is 10.7. The number of rotatable bonds is 8. The van der Waals surface area contributed by atoms with E-state index in [2.05, 4.69) is 52.5 Å². The molecule has 29 heavy (non-hydrogen) atoms. The number of carbonyl (C=O) groups is 1. The molecule has 1 aliphatic rings. The molecule has 1 amide bonds. The summed E-state index contributed by atoms with van der Waals surface area (Å²) in [6.45, 7) is 10.3. The van der Waals surface area contributed by atoms with Crippen LogP contribution in [0.4, 0.5) is 0 Å². The number of nitrogens with one attached hydrogen (secondary N) is 1. The molecule has 7 heteroatoms. The molecule has 6 nitrogen and oxygen atoms in total. The van der Waals surface area contributed by atoms with E-state index in [0.717, 1.165) is 36.2 Å². The third kappa shape index (κ3) is 6.31. The Kier molecular flexibility index (Phi) is 8.12. The van der Waals surface area contributed by atoms with E-state index in [1.165, 1.54) is 61.7 Å². The van der Waals surface area contributed by atoms with Gasteiger partial charge in [0.15, 0.2) is 5.16 Å². The Labute approximate surface area is 178 Å². The van der Waals surface area contributed by atoms with Gasteiger partial charge in [-0.25, -0.2) is 0 Å². The van der Waals surface area contributed by atoms with E-state index < -0.39 is 0 Å². The van der Waals surface area contributed by atoms with Crippen LogP contribution in [0.1, 0.15) is 49.1 Å². The number of aromatic nitrogens is 3. The van der Waals surface area contributed by atoms with E-state index in [9.17, 15) is 4.79 Å². The largest absolute Gasteiger partial charge is 0.355 e. The minimum atomic E-state index is 0.0547.